The van der Waals surface area contributed by atoms with E-state index in [1.54, 1.807) is 47.2 Å². The molecule has 3 rings (SSSR count). The van der Waals surface area contributed by atoms with Crippen LogP contribution in [0.4, 0.5) is 5.69 Å². The van der Waals surface area contributed by atoms with Gasteiger partial charge in [0.1, 0.15) is 0 Å². The van der Waals surface area contributed by atoms with Crippen molar-refractivity contribution in [2.75, 3.05) is 46.1 Å². The number of amides is 2. The molecule has 1 heterocycles. The molecule has 29 heavy (non-hydrogen) atoms. The predicted octanol–water partition coefficient (Wildman–Crippen LogP) is 2.61. The van der Waals surface area contributed by atoms with Gasteiger partial charge in [0, 0.05) is 43.0 Å². The van der Waals surface area contributed by atoms with Gasteiger partial charge in [0.25, 0.3) is 11.8 Å². The number of aryl methyl sites for hydroxylation is 1. The Balaban J connectivity index is 0.00000300. The number of hydrogen-bond donors (Lipinski definition) is 1. The lowest BCUT2D eigenvalue weighted by Crippen LogP contribution is -2.50. The molecule has 1 aliphatic heterocycles. The molecule has 2 amide bonds. The smallest absolute Gasteiger partial charge is 0.254 e. The number of nitrogen functional groups attached to an aromatic ring is 1. The summed E-state index contributed by atoms with van der Waals surface area (Å²) in [6.07, 6.45) is 0. The molecule has 0 spiro atoms. The van der Waals surface area contributed by atoms with Crippen molar-refractivity contribution in [2.45, 2.75) is 6.92 Å². The summed E-state index contributed by atoms with van der Waals surface area (Å²) in [5, 5.41) is 0. The van der Waals surface area contributed by atoms with E-state index in [1.165, 1.54) is 7.11 Å². The molecular weight excluding hydrogens is 394 g/mol. The van der Waals surface area contributed by atoms with Crippen LogP contribution in [0.1, 0.15) is 26.3 Å². The Morgan fingerprint density at radius 2 is 1.45 bits per heavy atom. The van der Waals surface area contributed by atoms with Crippen LogP contribution in [0.15, 0.2) is 36.4 Å². The number of rotatable bonds is 4. The molecule has 1 saturated heterocycles. The van der Waals surface area contributed by atoms with Gasteiger partial charge in [-0.05, 0) is 42.8 Å². The molecule has 0 bridgehead atoms. The number of nitrogens with zero attached hydrogens (tertiary/aromatic N) is 2. The number of benzene rings is 2. The summed E-state index contributed by atoms with van der Waals surface area (Å²) in [5.41, 5.74) is 8.42. The minimum Gasteiger partial charge on any atom is -0.493 e. The quantitative estimate of drug-likeness (QED) is 0.770. The van der Waals surface area contributed by atoms with Crippen LogP contribution < -0.4 is 15.2 Å². The van der Waals surface area contributed by atoms with Gasteiger partial charge >= 0.3 is 0 Å². The highest BCUT2D eigenvalue weighted by atomic mass is 35.5. The number of ether oxygens (including phenoxy) is 2. The lowest BCUT2D eigenvalue weighted by atomic mass is 10.1. The van der Waals surface area contributed by atoms with Crippen molar-refractivity contribution in [2.24, 2.45) is 0 Å². The van der Waals surface area contributed by atoms with Gasteiger partial charge in [-0.2, -0.15) is 0 Å². The second-order valence-corrected chi connectivity index (χ2v) is 6.73. The van der Waals surface area contributed by atoms with E-state index in [0.29, 0.717) is 54.5 Å². The Labute approximate surface area is 176 Å². The summed E-state index contributed by atoms with van der Waals surface area (Å²) in [5.74, 6) is 0.947. The lowest BCUT2D eigenvalue weighted by molar-refractivity contribution is 0.0535. The molecule has 0 saturated carbocycles. The molecule has 0 radical (unpaired) electrons. The Kier molecular flexibility index (Phi) is 7.34. The topological polar surface area (TPSA) is 85.1 Å². The van der Waals surface area contributed by atoms with Gasteiger partial charge in [-0.15, -0.1) is 12.4 Å². The van der Waals surface area contributed by atoms with Gasteiger partial charge in [0.15, 0.2) is 11.5 Å². The first-order chi connectivity index (χ1) is 13.4. The van der Waals surface area contributed by atoms with Gasteiger partial charge in [-0.25, -0.2) is 0 Å². The number of carbonyl (C=O) groups is 2. The molecule has 1 fully saturated rings. The normalized spacial score (nSPS) is 13.5. The standard InChI is InChI=1S/C21H25N3O4.ClH/c1-14-4-6-16(22)13-17(14)21(26)24-10-8-23(9-11-24)20(25)15-5-7-18(27-2)19(12-15)28-3;/h4-7,12-13H,8-11,22H2,1-3H3;1H. The molecule has 7 nitrogen and oxygen atoms in total. The van der Waals surface area contributed by atoms with Crippen LogP contribution in [-0.4, -0.2) is 62.0 Å². The summed E-state index contributed by atoms with van der Waals surface area (Å²) in [4.78, 5) is 29.1. The third-order valence-corrected chi connectivity index (χ3v) is 4.98. The van der Waals surface area contributed by atoms with Crippen molar-refractivity contribution < 1.29 is 19.1 Å². The van der Waals surface area contributed by atoms with E-state index in [-0.39, 0.29) is 24.2 Å². The number of methoxy groups -OCH3 is 2. The van der Waals surface area contributed by atoms with Gasteiger partial charge in [0.2, 0.25) is 0 Å². The van der Waals surface area contributed by atoms with E-state index in [4.69, 9.17) is 15.2 Å². The highest BCUT2D eigenvalue weighted by molar-refractivity contribution is 5.97. The van der Waals surface area contributed by atoms with Crippen molar-refractivity contribution in [3.05, 3.63) is 53.1 Å². The Bertz CT molecular complexity index is 895. The van der Waals surface area contributed by atoms with Gasteiger partial charge in [-0.1, -0.05) is 6.07 Å². The Morgan fingerprint density at radius 3 is 2.03 bits per heavy atom. The maximum absolute atomic E-state index is 12.8. The molecule has 8 heteroatoms. The van der Waals surface area contributed by atoms with Crippen molar-refractivity contribution >= 4 is 29.9 Å². The number of carbonyl (C=O) groups excluding carboxylic acids is 2. The number of piperazine rings is 1. The average molecular weight is 420 g/mol. The highest BCUT2D eigenvalue weighted by Gasteiger charge is 2.26. The third-order valence-electron chi connectivity index (χ3n) is 4.98. The zero-order chi connectivity index (χ0) is 20.3. The number of hydrogen-bond acceptors (Lipinski definition) is 5. The highest BCUT2D eigenvalue weighted by Crippen LogP contribution is 2.28. The maximum atomic E-state index is 12.8. The second kappa shape index (κ2) is 9.52. The van der Waals surface area contributed by atoms with Crippen LogP contribution in [0, 0.1) is 6.92 Å². The summed E-state index contributed by atoms with van der Waals surface area (Å²) in [7, 11) is 3.09. The lowest BCUT2D eigenvalue weighted by Gasteiger charge is -2.35. The van der Waals surface area contributed by atoms with Crippen LogP contribution in [-0.2, 0) is 0 Å². The summed E-state index contributed by atoms with van der Waals surface area (Å²) < 4.78 is 10.5. The van der Waals surface area contributed by atoms with Crippen LogP contribution in [0.2, 0.25) is 0 Å². The fourth-order valence-electron chi connectivity index (χ4n) is 3.30. The van der Waals surface area contributed by atoms with Crippen LogP contribution in [0.25, 0.3) is 0 Å². The van der Waals surface area contributed by atoms with E-state index >= 15 is 0 Å². The second-order valence-electron chi connectivity index (χ2n) is 6.73. The molecule has 0 aliphatic carbocycles. The first-order valence-corrected chi connectivity index (χ1v) is 9.11. The fraction of sp³-hybridized carbons (Fsp3) is 0.333. The summed E-state index contributed by atoms with van der Waals surface area (Å²) in [6.45, 7) is 3.79. The van der Waals surface area contributed by atoms with Crippen LogP contribution in [0.5, 0.6) is 11.5 Å². The van der Waals surface area contributed by atoms with E-state index < -0.39 is 0 Å². The molecule has 0 atom stereocenters. The van der Waals surface area contributed by atoms with E-state index in [2.05, 4.69) is 0 Å². The number of halogens is 1. The minimum absolute atomic E-state index is 0. The predicted molar refractivity (Wildman–Crippen MR) is 114 cm³/mol. The molecule has 0 aromatic heterocycles. The zero-order valence-corrected chi connectivity index (χ0v) is 17.6. The number of anilines is 1. The van der Waals surface area contributed by atoms with Gasteiger partial charge < -0.3 is 25.0 Å². The van der Waals surface area contributed by atoms with E-state index in [1.807, 2.05) is 13.0 Å². The minimum atomic E-state index is -0.0896. The Morgan fingerprint density at radius 1 is 0.862 bits per heavy atom. The maximum Gasteiger partial charge on any atom is 0.254 e. The average Bonchev–Trinajstić information content (AvgIpc) is 2.74. The molecule has 1 aliphatic rings. The van der Waals surface area contributed by atoms with Gasteiger partial charge in [0.05, 0.1) is 14.2 Å². The van der Waals surface area contributed by atoms with Crippen molar-refractivity contribution in [1.29, 1.82) is 0 Å². The van der Waals surface area contributed by atoms with Gasteiger partial charge in [-0.3, -0.25) is 9.59 Å². The first kappa shape index (κ1) is 22.4. The fourth-order valence-corrected chi connectivity index (χ4v) is 3.30. The SMILES string of the molecule is COc1ccc(C(=O)N2CCN(C(=O)c3cc(N)ccc3C)CC2)cc1OC.Cl. The molecule has 2 N–H and O–H groups in total. The third kappa shape index (κ3) is 4.74. The monoisotopic (exact) mass is 419 g/mol. The van der Waals surface area contributed by atoms with Crippen molar-refractivity contribution in [3.8, 4) is 11.5 Å². The summed E-state index contributed by atoms with van der Waals surface area (Å²) in [6, 6.07) is 10.4. The zero-order valence-electron chi connectivity index (χ0n) is 16.8. The molecule has 2 aromatic rings. The van der Waals surface area contributed by atoms with Crippen molar-refractivity contribution in [3.63, 3.8) is 0 Å². The number of nitrogens with two attached hydrogens (primary N) is 1. The largest absolute Gasteiger partial charge is 0.493 e. The van der Waals surface area contributed by atoms with Crippen LogP contribution in [0.3, 0.4) is 0 Å². The van der Waals surface area contributed by atoms with Crippen molar-refractivity contribution in [1.82, 2.24) is 9.80 Å². The van der Waals surface area contributed by atoms with E-state index in [0.717, 1.165) is 5.56 Å². The molecule has 2 aromatic carbocycles. The molecule has 0 unspecified atom stereocenters. The van der Waals surface area contributed by atoms with Crippen LogP contribution >= 0.6 is 12.4 Å². The van der Waals surface area contributed by atoms with E-state index in [9.17, 15) is 9.59 Å². The molecule has 156 valence electrons. The summed E-state index contributed by atoms with van der Waals surface area (Å²) >= 11 is 0. The molecular formula is C21H26ClN3O4. The Hall–Kier alpha value is -2.93. The first-order valence-electron chi connectivity index (χ1n) is 9.11.